The minimum atomic E-state index is -0.238. The molecule has 4 rings (SSSR count). The molecule has 1 atom stereocenters. The number of hydrogen-bond donors (Lipinski definition) is 2. The Kier molecular flexibility index (Phi) is 5.41. The van der Waals surface area contributed by atoms with E-state index in [0.717, 1.165) is 16.8 Å². The average molecular weight is 392 g/mol. The fraction of sp³-hybridized carbons (Fsp3) is 0.333. The maximum Gasteiger partial charge on any atom is 0.272 e. The Morgan fingerprint density at radius 3 is 2.79 bits per heavy atom. The number of aromatic nitrogens is 4. The van der Waals surface area contributed by atoms with Crippen molar-refractivity contribution < 1.29 is 9.59 Å². The van der Waals surface area contributed by atoms with Gasteiger partial charge in [-0.25, -0.2) is 0 Å². The molecular weight excluding hydrogens is 368 g/mol. The minimum Gasteiger partial charge on any atom is -0.342 e. The topological polar surface area (TPSA) is 95.9 Å². The molecule has 8 nitrogen and oxygen atoms in total. The molecule has 150 valence electrons. The van der Waals surface area contributed by atoms with Crippen LogP contribution >= 0.6 is 0 Å². The molecule has 0 bridgehead atoms. The molecule has 3 heterocycles. The van der Waals surface area contributed by atoms with Crippen molar-refractivity contribution in [3.63, 3.8) is 0 Å². The van der Waals surface area contributed by atoms with Crippen molar-refractivity contribution in [2.24, 2.45) is 0 Å². The Morgan fingerprint density at radius 2 is 2.07 bits per heavy atom. The fourth-order valence-corrected chi connectivity index (χ4v) is 3.68. The van der Waals surface area contributed by atoms with Crippen molar-refractivity contribution in [3.8, 4) is 0 Å². The summed E-state index contributed by atoms with van der Waals surface area (Å²) in [6, 6.07) is 11.4. The monoisotopic (exact) mass is 392 g/mol. The Balaban J connectivity index is 1.53. The van der Waals surface area contributed by atoms with Crippen LogP contribution in [0.1, 0.15) is 46.7 Å². The maximum atomic E-state index is 13.1. The summed E-state index contributed by atoms with van der Waals surface area (Å²) in [4.78, 5) is 26.8. The van der Waals surface area contributed by atoms with Gasteiger partial charge in [0.05, 0.1) is 24.8 Å². The van der Waals surface area contributed by atoms with Crippen molar-refractivity contribution in [1.82, 2.24) is 30.2 Å². The van der Waals surface area contributed by atoms with E-state index >= 15 is 0 Å². The zero-order valence-electron chi connectivity index (χ0n) is 16.3. The third kappa shape index (κ3) is 4.06. The van der Waals surface area contributed by atoms with Crippen LogP contribution in [0.3, 0.4) is 0 Å². The van der Waals surface area contributed by atoms with Crippen LogP contribution in [0.2, 0.25) is 0 Å². The second-order valence-electron chi connectivity index (χ2n) is 7.11. The van der Waals surface area contributed by atoms with Crippen molar-refractivity contribution in [2.45, 2.75) is 38.9 Å². The zero-order valence-corrected chi connectivity index (χ0v) is 16.3. The van der Waals surface area contributed by atoms with E-state index in [0.29, 0.717) is 38.2 Å². The zero-order chi connectivity index (χ0) is 20.2. The third-order valence-electron chi connectivity index (χ3n) is 5.24. The van der Waals surface area contributed by atoms with E-state index < -0.39 is 0 Å². The quantitative estimate of drug-likeness (QED) is 0.671. The highest BCUT2D eigenvalue weighted by atomic mass is 16.2. The van der Waals surface area contributed by atoms with Crippen LogP contribution in [0.4, 0.5) is 0 Å². The van der Waals surface area contributed by atoms with Crippen LogP contribution in [-0.2, 0) is 24.3 Å². The van der Waals surface area contributed by atoms with Gasteiger partial charge in [0.15, 0.2) is 5.69 Å². The number of nitrogens with zero attached hydrogens (tertiary/aromatic N) is 4. The number of nitrogens with one attached hydrogen (secondary N) is 2. The number of carbonyl (C=O) groups is 2. The van der Waals surface area contributed by atoms with Crippen LogP contribution < -0.4 is 5.32 Å². The summed E-state index contributed by atoms with van der Waals surface area (Å²) < 4.78 is 1.80. The second kappa shape index (κ2) is 8.30. The molecule has 29 heavy (non-hydrogen) atoms. The van der Waals surface area contributed by atoms with Gasteiger partial charge in [0, 0.05) is 30.9 Å². The van der Waals surface area contributed by atoms with Crippen LogP contribution in [-0.4, -0.2) is 43.2 Å². The molecule has 0 saturated carbocycles. The van der Waals surface area contributed by atoms with E-state index in [1.165, 1.54) is 0 Å². The first-order valence-corrected chi connectivity index (χ1v) is 9.82. The third-order valence-corrected chi connectivity index (χ3v) is 5.24. The lowest BCUT2D eigenvalue weighted by atomic mass is 10.0. The number of carbonyl (C=O) groups excluding carboxylic acids is 2. The van der Waals surface area contributed by atoms with Crippen LogP contribution in [0, 0.1) is 0 Å². The molecule has 8 heteroatoms. The van der Waals surface area contributed by atoms with Gasteiger partial charge >= 0.3 is 0 Å². The van der Waals surface area contributed by atoms with Gasteiger partial charge in [-0.2, -0.15) is 10.2 Å². The Labute approximate surface area is 168 Å². The van der Waals surface area contributed by atoms with Gasteiger partial charge in [0.25, 0.3) is 5.91 Å². The highest BCUT2D eigenvalue weighted by molar-refractivity contribution is 5.94. The van der Waals surface area contributed by atoms with E-state index in [1.54, 1.807) is 15.8 Å². The summed E-state index contributed by atoms with van der Waals surface area (Å²) in [5.41, 5.74) is 3.14. The molecule has 0 spiro atoms. The first-order chi connectivity index (χ1) is 14.2. The maximum absolute atomic E-state index is 13.1. The standard InChI is InChI=1S/C21H24N6O2/c1-2-19(28)26-12-9-16-18(13-26)24-25-20(16)21(29)23-17(14-27-11-6-10-22-27)15-7-4-3-5-8-15/h3-8,10-11,17H,2,9,12-14H2,1H3,(H,23,29)(H,24,25). The molecule has 2 amide bonds. The SMILES string of the molecule is CCC(=O)N1CCc2c(C(=O)NC(Cn3cccn3)c3ccccc3)n[nH]c2C1. The molecule has 1 aliphatic heterocycles. The number of H-pyrrole nitrogens is 1. The number of benzene rings is 1. The molecule has 2 aromatic heterocycles. The van der Waals surface area contributed by atoms with Crippen molar-refractivity contribution in [2.75, 3.05) is 6.54 Å². The van der Waals surface area contributed by atoms with Gasteiger partial charge in [-0.3, -0.25) is 19.4 Å². The lowest BCUT2D eigenvalue weighted by Gasteiger charge is -2.26. The van der Waals surface area contributed by atoms with Gasteiger partial charge < -0.3 is 10.2 Å². The number of amides is 2. The summed E-state index contributed by atoms with van der Waals surface area (Å²) in [5.74, 6) is -0.113. The lowest BCUT2D eigenvalue weighted by molar-refractivity contribution is -0.131. The van der Waals surface area contributed by atoms with E-state index in [1.807, 2.05) is 49.5 Å². The van der Waals surface area contributed by atoms with Gasteiger partial charge in [-0.1, -0.05) is 37.3 Å². The number of fused-ring (bicyclic) bond motifs is 1. The number of rotatable bonds is 6. The molecule has 1 aromatic carbocycles. The van der Waals surface area contributed by atoms with Crippen molar-refractivity contribution in [1.29, 1.82) is 0 Å². The predicted molar refractivity (Wildman–Crippen MR) is 107 cm³/mol. The molecule has 1 unspecified atom stereocenters. The lowest BCUT2D eigenvalue weighted by Crippen LogP contribution is -2.36. The first-order valence-electron chi connectivity index (χ1n) is 9.82. The fourth-order valence-electron chi connectivity index (χ4n) is 3.68. The molecule has 3 aromatic rings. The molecule has 0 saturated heterocycles. The summed E-state index contributed by atoms with van der Waals surface area (Å²) in [6.07, 6.45) is 4.69. The Hall–Kier alpha value is -3.42. The second-order valence-corrected chi connectivity index (χ2v) is 7.11. The van der Waals surface area contributed by atoms with E-state index in [4.69, 9.17) is 0 Å². The first kappa shape index (κ1) is 18.9. The summed E-state index contributed by atoms with van der Waals surface area (Å²) in [7, 11) is 0. The van der Waals surface area contributed by atoms with Crippen LogP contribution in [0.15, 0.2) is 48.8 Å². The van der Waals surface area contributed by atoms with E-state index in [2.05, 4.69) is 20.6 Å². The van der Waals surface area contributed by atoms with E-state index in [-0.39, 0.29) is 17.9 Å². The predicted octanol–water partition coefficient (Wildman–Crippen LogP) is 2.07. The highest BCUT2D eigenvalue weighted by Crippen LogP contribution is 2.22. The summed E-state index contributed by atoms with van der Waals surface area (Å²) >= 11 is 0. The van der Waals surface area contributed by atoms with Gasteiger partial charge in [-0.05, 0) is 18.1 Å². The smallest absolute Gasteiger partial charge is 0.272 e. The Bertz CT molecular complexity index is 980. The van der Waals surface area contributed by atoms with E-state index in [9.17, 15) is 9.59 Å². The highest BCUT2D eigenvalue weighted by Gasteiger charge is 2.28. The van der Waals surface area contributed by atoms with Crippen molar-refractivity contribution >= 4 is 11.8 Å². The molecule has 1 aliphatic rings. The largest absolute Gasteiger partial charge is 0.342 e. The molecular formula is C21H24N6O2. The Morgan fingerprint density at radius 1 is 1.24 bits per heavy atom. The molecule has 0 radical (unpaired) electrons. The van der Waals surface area contributed by atoms with Crippen LogP contribution in [0.25, 0.3) is 0 Å². The normalized spacial score (nSPS) is 14.3. The van der Waals surface area contributed by atoms with Crippen LogP contribution in [0.5, 0.6) is 0 Å². The summed E-state index contributed by atoms with van der Waals surface area (Å²) in [5, 5.41) is 14.6. The minimum absolute atomic E-state index is 0.111. The van der Waals surface area contributed by atoms with Crippen molar-refractivity contribution in [3.05, 3.63) is 71.3 Å². The molecule has 0 fully saturated rings. The van der Waals surface area contributed by atoms with Gasteiger partial charge in [-0.15, -0.1) is 0 Å². The van der Waals surface area contributed by atoms with Gasteiger partial charge in [0.2, 0.25) is 5.91 Å². The number of hydrogen-bond acceptors (Lipinski definition) is 4. The number of aromatic amines is 1. The molecule has 0 aliphatic carbocycles. The molecule has 2 N–H and O–H groups in total. The average Bonchev–Trinajstić information content (AvgIpc) is 3.42. The summed E-state index contributed by atoms with van der Waals surface area (Å²) in [6.45, 7) is 3.45. The van der Waals surface area contributed by atoms with Gasteiger partial charge in [0.1, 0.15) is 0 Å².